The SMILES string of the molecule is CNOC(=N)c1cc2cc(-c3nc(C(=O)NCC4NN=C5CCCN54)[nH]c3C)ccc2[nH]1. The molecule has 1 fully saturated rings. The molecule has 0 spiro atoms. The molecule has 166 valence electrons. The summed E-state index contributed by atoms with van der Waals surface area (Å²) in [6.07, 6.45) is 2.07. The van der Waals surface area contributed by atoms with Crippen LogP contribution in [0.2, 0.25) is 0 Å². The van der Waals surface area contributed by atoms with Crippen LogP contribution in [0.1, 0.15) is 34.8 Å². The Labute approximate surface area is 184 Å². The Kier molecular flexibility index (Phi) is 5.02. The number of rotatable bonds is 6. The minimum Gasteiger partial charge on any atom is -0.387 e. The number of benzene rings is 1. The highest BCUT2D eigenvalue weighted by molar-refractivity contribution is 5.97. The number of hydrogen-bond acceptors (Lipinski definition) is 8. The number of carbonyl (C=O) groups excluding carboxylic acids is 1. The third-order valence-electron chi connectivity index (χ3n) is 5.75. The quantitative estimate of drug-likeness (QED) is 0.196. The van der Waals surface area contributed by atoms with Gasteiger partial charge < -0.3 is 25.0 Å². The first-order chi connectivity index (χ1) is 15.5. The predicted octanol–water partition coefficient (Wildman–Crippen LogP) is 1.41. The molecule has 11 heteroatoms. The third kappa shape index (κ3) is 3.56. The second-order valence-corrected chi connectivity index (χ2v) is 7.86. The van der Waals surface area contributed by atoms with Crippen molar-refractivity contribution in [2.45, 2.75) is 25.9 Å². The number of hydrogen-bond donors (Lipinski definition) is 6. The minimum atomic E-state index is -0.253. The first-order valence-electron chi connectivity index (χ1n) is 10.5. The van der Waals surface area contributed by atoms with Crippen LogP contribution in [0.4, 0.5) is 0 Å². The van der Waals surface area contributed by atoms with E-state index in [-0.39, 0.29) is 23.8 Å². The van der Waals surface area contributed by atoms with Gasteiger partial charge in [-0.3, -0.25) is 15.6 Å². The van der Waals surface area contributed by atoms with Gasteiger partial charge in [-0.15, -0.1) is 0 Å². The molecule has 2 aromatic heterocycles. The van der Waals surface area contributed by atoms with E-state index in [1.807, 2.05) is 31.2 Å². The number of nitrogens with zero attached hydrogens (tertiary/aromatic N) is 3. The molecule has 0 bridgehead atoms. The summed E-state index contributed by atoms with van der Waals surface area (Å²) < 4.78 is 0. The number of aromatic nitrogens is 3. The average molecular weight is 435 g/mol. The fourth-order valence-corrected chi connectivity index (χ4v) is 4.19. The molecule has 2 aliphatic heterocycles. The van der Waals surface area contributed by atoms with E-state index in [2.05, 4.69) is 41.2 Å². The normalized spacial score (nSPS) is 17.2. The number of H-pyrrole nitrogens is 2. The summed E-state index contributed by atoms with van der Waals surface area (Å²) in [4.78, 5) is 30.7. The van der Waals surface area contributed by atoms with E-state index in [1.54, 1.807) is 7.05 Å². The summed E-state index contributed by atoms with van der Waals surface area (Å²) in [6.45, 7) is 3.30. The van der Waals surface area contributed by atoms with E-state index in [9.17, 15) is 4.79 Å². The van der Waals surface area contributed by atoms with Crippen molar-refractivity contribution in [1.29, 1.82) is 5.41 Å². The van der Waals surface area contributed by atoms with Crippen molar-refractivity contribution in [3.05, 3.63) is 41.5 Å². The van der Waals surface area contributed by atoms with Crippen LogP contribution in [-0.4, -0.2) is 63.8 Å². The van der Waals surface area contributed by atoms with Crippen molar-refractivity contribution in [2.75, 3.05) is 20.1 Å². The zero-order chi connectivity index (χ0) is 22.2. The Morgan fingerprint density at radius 1 is 1.34 bits per heavy atom. The lowest BCUT2D eigenvalue weighted by molar-refractivity contribution is 0.0933. The van der Waals surface area contributed by atoms with Crippen LogP contribution in [0.25, 0.3) is 22.2 Å². The first-order valence-corrected chi connectivity index (χ1v) is 10.5. The van der Waals surface area contributed by atoms with Crippen LogP contribution in [0.3, 0.4) is 0 Å². The Bertz CT molecular complexity index is 1230. The van der Waals surface area contributed by atoms with Crippen molar-refractivity contribution >= 4 is 28.5 Å². The molecule has 1 amide bonds. The van der Waals surface area contributed by atoms with Crippen LogP contribution in [0.15, 0.2) is 29.4 Å². The van der Waals surface area contributed by atoms with Crippen LogP contribution >= 0.6 is 0 Å². The molecule has 1 saturated heterocycles. The number of amidine groups is 1. The molecular weight excluding hydrogens is 410 g/mol. The Morgan fingerprint density at radius 3 is 3.06 bits per heavy atom. The molecule has 5 rings (SSSR count). The van der Waals surface area contributed by atoms with Gasteiger partial charge in [0.1, 0.15) is 17.7 Å². The molecule has 1 atom stereocenters. The van der Waals surface area contributed by atoms with Crippen LogP contribution in [0, 0.1) is 12.3 Å². The predicted molar refractivity (Wildman–Crippen MR) is 120 cm³/mol. The molecule has 32 heavy (non-hydrogen) atoms. The van der Waals surface area contributed by atoms with Crippen molar-refractivity contribution in [3.63, 3.8) is 0 Å². The van der Waals surface area contributed by atoms with Gasteiger partial charge in [-0.2, -0.15) is 10.6 Å². The van der Waals surface area contributed by atoms with Crippen LogP contribution in [0.5, 0.6) is 0 Å². The maximum absolute atomic E-state index is 12.7. The largest absolute Gasteiger partial charge is 0.387 e. The van der Waals surface area contributed by atoms with E-state index in [0.29, 0.717) is 17.9 Å². The number of amides is 1. The molecule has 1 unspecified atom stereocenters. The van der Waals surface area contributed by atoms with E-state index >= 15 is 0 Å². The fourth-order valence-electron chi connectivity index (χ4n) is 4.19. The van der Waals surface area contributed by atoms with Crippen molar-refractivity contribution in [3.8, 4) is 11.3 Å². The number of hydrazone groups is 1. The number of imidazole rings is 1. The van der Waals surface area contributed by atoms with Gasteiger partial charge >= 0.3 is 0 Å². The van der Waals surface area contributed by atoms with E-state index in [1.165, 1.54) is 0 Å². The highest BCUT2D eigenvalue weighted by Crippen LogP contribution is 2.26. The number of hydroxylamine groups is 1. The first kappa shape index (κ1) is 20.1. The smallest absolute Gasteiger partial charge is 0.287 e. The second-order valence-electron chi connectivity index (χ2n) is 7.86. The molecule has 6 N–H and O–H groups in total. The van der Waals surface area contributed by atoms with E-state index in [4.69, 9.17) is 10.2 Å². The molecule has 0 saturated carbocycles. The molecule has 0 radical (unpaired) electrons. The zero-order valence-electron chi connectivity index (χ0n) is 17.9. The minimum absolute atomic E-state index is 0.00311. The van der Waals surface area contributed by atoms with E-state index in [0.717, 1.165) is 47.4 Å². The molecule has 0 aliphatic carbocycles. The Balaban J connectivity index is 1.31. The summed E-state index contributed by atoms with van der Waals surface area (Å²) in [7, 11) is 1.60. The third-order valence-corrected chi connectivity index (χ3v) is 5.75. The second kappa shape index (κ2) is 8.00. The van der Waals surface area contributed by atoms with Gasteiger partial charge in [0.05, 0.1) is 12.2 Å². The van der Waals surface area contributed by atoms with Crippen molar-refractivity contribution in [2.24, 2.45) is 5.10 Å². The van der Waals surface area contributed by atoms with Crippen molar-refractivity contribution in [1.82, 2.24) is 36.1 Å². The van der Waals surface area contributed by atoms with Gasteiger partial charge in [-0.1, -0.05) is 6.07 Å². The highest BCUT2D eigenvalue weighted by Gasteiger charge is 2.31. The summed E-state index contributed by atoms with van der Waals surface area (Å²) in [5, 5.41) is 16.1. The van der Waals surface area contributed by atoms with Crippen LogP contribution in [-0.2, 0) is 4.84 Å². The summed E-state index contributed by atoms with van der Waals surface area (Å²) >= 11 is 0. The van der Waals surface area contributed by atoms with Gasteiger partial charge in [0.2, 0.25) is 0 Å². The maximum Gasteiger partial charge on any atom is 0.287 e. The highest BCUT2D eigenvalue weighted by atomic mass is 16.6. The Morgan fingerprint density at radius 2 is 2.22 bits per heavy atom. The maximum atomic E-state index is 12.7. The van der Waals surface area contributed by atoms with Gasteiger partial charge in [0, 0.05) is 42.2 Å². The molecule has 2 aliphatic rings. The van der Waals surface area contributed by atoms with Crippen LogP contribution < -0.4 is 16.2 Å². The summed E-state index contributed by atoms with van der Waals surface area (Å²) in [5.41, 5.74) is 9.42. The summed E-state index contributed by atoms with van der Waals surface area (Å²) in [6, 6.07) is 7.68. The topological polar surface area (TPSA) is 146 Å². The molecule has 4 heterocycles. The number of nitrogens with one attached hydrogen (secondary N) is 6. The molecular formula is C21H25N9O2. The number of fused-ring (bicyclic) bond motifs is 2. The number of carbonyl (C=O) groups is 1. The molecule has 3 aromatic rings. The lowest BCUT2D eigenvalue weighted by atomic mass is 10.1. The Hall–Kier alpha value is -3.86. The van der Waals surface area contributed by atoms with Gasteiger partial charge in [-0.05, 0) is 31.5 Å². The van der Waals surface area contributed by atoms with Gasteiger partial charge in [0.25, 0.3) is 11.8 Å². The number of aromatic amines is 2. The van der Waals surface area contributed by atoms with Gasteiger partial charge in [-0.25, -0.2) is 4.98 Å². The lowest BCUT2D eigenvalue weighted by Crippen LogP contribution is -2.46. The standard InChI is InChI=1S/C21H25N9O2/c1-11-18(12-5-6-14-13(8-12)9-15(26-14)19(22)32-23-2)27-20(25-11)21(31)24-10-17-29-28-16-4-3-7-30(16)17/h5-6,8-9,17,22-23,26,29H,3-4,7,10H2,1-2H3,(H,24,31)(H,25,27). The van der Waals surface area contributed by atoms with Gasteiger partial charge in [0.15, 0.2) is 5.82 Å². The molecule has 1 aromatic carbocycles. The molecule has 11 nitrogen and oxygen atoms in total. The summed E-state index contributed by atoms with van der Waals surface area (Å²) in [5.74, 6) is 1.09. The number of aryl methyl sites for hydroxylation is 1. The zero-order valence-corrected chi connectivity index (χ0v) is 17.9. The van der Waals surface area contributed by atoms with Crippen molar-refractivity contribution < 1.29 is 9.63 Å². The fraction of sp³-hybridized carbons (Fsp3) is 0.333. The lowest BCUT2D eigenvalue weighted by Gasteiger charge is -2.22. The average Bonchev–Trinajstić information content (AvgIpc) is 3.55. The monoisotopic (exact) mass is 435 g/mol. The van der Waals surface area contributed by atoms with E-state index < -0.39 is 0 Å².